The topological polar surface area (TPSA) is 56.7 Å². The van der Waals surface area contributed by atoms with Gasteiger partial charge >= 0.3 is 0 Å². The average Bonchev–Trinajstić information content (AvgIpc) is 3.88. The van der Waals surface area contributed by atoms with Gasteiger partial charge in [0.15, 0.2) is 11.6 Å². The molecule has 10 rings (SSSR count). The predicted octanol–water partition coefficient (Wildman–Crippen LogP) is 11.8. The molecule has 0 radical (unpaired) electrons. The highest BCUT2D eigenvalue weighted by Crippen LogP contribution is 2.40. The lowest BCUT2D eigenvalue weighted by Gasteiger charge is -2.11. The van der Waals surface area contributed by atoms with Crippen LogP contribution >= 0.6 is 0 Å². The van der Waals surface area contributed by atoms with E-state index in [0.717, 1.165) is 4.57 Å². The van der Waals surface area contributed by atoms with E-state index in [9.17, 15) is 5.48 Å². The van der Waals surface area contributed by atoms with E-state index < -0.39 is 242 Å². The number of aromatic nitrogens is 4. The summed E-state index contributed by atoms with van der Waals surface area (Å²) in [5.41, 5.74) is -6.61. The molecule has 0 aliphatic heterocycles. The first kappa shape index (κ1) is 12.8. The second-order valence-corrected chi connectivity index (χ2v) is 10.8. The van der Waals surface area contributed by atoms with E-state index in [1.54, 1.807) is 0 Å². The Morgan fingerprint density at radius 1 is 0.451 bits per heavy atom. The molecule has 0 spiro atoms. The molecule has 5 nitrogen and oxygen atoms in total. The molecule has 0 saturated heterocycles. The first-order chi connectivity index (χ1) is 36.4. The van der Waals surface area contributed by atoms with Crippen molar-refractivity contribution in [1.29, 1.82) is 0 Å². The van der Waals surface area contributed by atoms with E-state index in [4.69, 9.17) is 35.9 Å². The van der Waals surface area contributed by atoms with Crippen LogP contribution < -0.4 is 0 Å². The Morgan fingerprint density at radius 3 is 1.76 bits per heavy atom. The van der Waals surface area contributed by atoms with Gasteiger partial charge in [0.2, 0.25) is 5.95 Å². The highest BCUT2D eigenvalue weighted by Gasteiger charge is 2.21. The third kappa shape index (κ3) is 4.74. The number of hydrogen-bond acceptors (Lipinski definition) is 4. The van der Waals surface area contributed by atoms with Crippen LogP contribution in [0.1, 0.15) is 42.6 Å². The van der Waals surface area contributed by atoms with Crippen LogP contribution in [0.4, 0.5) is 0 Å². The normalized spacial score (nSPS) is 19.0. The number of nitrogens with zero attached hydrogens (tertiary/aromatic N) is 4. The number of furan rings is 1. The smallest absolute Gasteiger partial charge is 0.238 e. The quantitative estimate of drug-likeness (QED) is 0.181. The van der Waals surface area contributed by atoms with Crippen LogP contribution in [-0.4, -0.2) is 19.5 Å². The van der Waals surface area contributed by atoms with Gasteiger partial charge in [-0.2, -0.15) is 9.97 Å². The van der Waals surface area contributed by atoms with E-state index >= 15 is 0 Å². The molecule has 0 atom stereocenters. The minimum Gasteiger partial charge on any atom is -0.455 e. The van der Waals surface area contributed by atoms with E-state index in [2.05, 4.69) is 15.0 Å². The second-order valence-electron chi connectivity index (χ2n) is 10.8. The molecule has 0 saturated carbocycles. The van der Waals surface area contributed by atoms with Gasteiger partial charge in [-0.15, -0.1) is 0 Å². The SMILES string of the molecule is [2H]c1c([2H])c([2H])c(-c2nc(-c3c([2H])c([2H])c([2H])c4c3oc3c(-c5c([2H])c([2H])c(-c6c([2H])c([2H])c([2H])c([2H])c6[2H])c([2H])c5[2H])c([2H])c([2H])c([2H])c34)nc(-n3c4c([2H])c([2H])c([2H])c([2H])c4c4c(C)c([2H])c([2H])c([2H])c43)n2)c([2H])c1[2H]. The first-order valence-electron chi connectivity index (χ1n) is 28.4. The summed E-state index contributed by atoms with van der Waals surface area (Å²) in [4.78, 5) is 13.5. The van der Waals surface area contributed by atoms with Crippen molar-refractivity contribution in [3.05, 3.63) is 169 Å². The highest BCUT2D eigenvalue weighted by molar-refractivity contribution is 6.13. The van der Waals surface area contributed by atoms with Crippen molar-refractivity contribution in [3.8, 4) is 51.0 Å². The Bertz CT molecular complexity index is 4330. The van der Waals surface area contributed by atoms with Crippen LogP contribution in [0, 0.1) is 6.92 Å². The minimum absolute atomic E-state index is 0.0304. The monoisotopic (exact) mass is 681 g/mol. The predicted molar refractivity (Wildman–Crippen MR) is 208 cm³/mol. The van der Waals surface area contributed by atoms with Crippen LogP contribution in [0.15, 0.2) is 168 Å². The molecule has 0 aliphatic carbocycles. The lowest BCUT2D eigenvalue weighted by molar-refractivity contribution is 0.670. The van der Waals surface area contributed by atoms with Gasteiger partial charge in [0.1, 0.15) is 11.2 Å². The van der Waals surface area contributed by atoms with Crippen molar-refractivity contribution >= 4 is 43.7 Å². The first-order valence-corrected chi connectivity index (χ1v) is 14.9. The van der Waals surface area contributed by atoms with Crippen LogP contribution in [-0.2, 0) is 0 Å². The fourth-order valence-corrected chi connectivity index (χ4v) is 5.70. The number of aryl methyl sites for hydroxylation is 1. The van der Waals surface area contributed by atoms with Gasteiger partial charge in [-0.25, -0.2) is 4.98 Å². The van der Waals surface area contributed by atoms with Gasteiger partial charge in [0.05, 0.1) is 53.6 Å². The van der Waals surface area contributed by atoms with E-state index in [-0.39, 0.29) is 21.9 Å². The Kier molecular flexibility index (Phi) is 2.92. The van der Waals surface area contributed by atoms with Crippen molar-refractivity contribution in [1.82, 2.24) is 19.5 Å². The maximum atomic E-state index is 9.37. The summed E-state index contributed by atoms with van der Waals surface area (Å²) < 4.78 is 245. The van der Waals surface area contributed by atoms with Gasteiger partial charge in [0, 0.05) is 32.7 Å². The van der Waals surface area contributed by atoms with Crippen molar-refractivity contribution in [2.75, 3.05) is 0 Å². The van der Waals surface area contributed by atoms with Crippen LogP contribution in [0.25, 0.3) is 94.7 Å². The molecule has 3 aromatic heterocycles. The Balaban J connectivity index is 1.39. The van der Waals surface area contributed by atoms with Crippen molar-refractivity contribution in [2.45, 2.75) is 6.92 Å². The van der Waals surface area contributed by atoms with Gasteiger partial charge in [-0.1, -0.05) is 145 Å². The summed E-state index contributed by atoms with van der Waals surface area (Å²) in [5.74, 6) is -2.39. The molecule has 0 N–H and O–H groups in total. The van der Waals surface area contributed by atoms with Crippen molar-refractivity contribution in [2.24, 2.45) is 0 Å². The van der Waals surface area contributed by atoms with E-state index in [1.165, 1.54) is 6.92 Å². The number of rotatable bonds is 5. The summed E-state index contributed by atoms with van der Waals surface area (Å²) in [6, 6.07) is -23.0. The summed E-state index contributed by atoms with van der Waals surface area (Å²) in [6.07, 6.45) is 0. The molecule has 3 heterocycles. The molecular formula is C46H30N4O. The zero-order valence-electron chi connectivity index (χ0n) is 52.7. The molecule has 10 aromatic rings. The van der Waals surface area contributed by atoms with Crippen molar-refractivity contribution < 1.29 is 41.4 Å². The maximum Gasteiger partial charge on any atom is 0.238 e. The Labute approximate surface area is 332 Å². The Morgan fingerprint density at radius 2 is 1.00 bits per heavy atom. The molecule has 5 heteroatoms. The van der Waals surface area contributed by atoms with Crippen molar-refractivity contribution in [3.63, 3.8) is 0 Å². The second kappa shape index (κ2) is 11.6. The minimum atomic E-state index is -0.995. The zero-order valence-corrected chi connectivity index (χ0v) is 25.7. The summed E-state index contributed by atoms with van der Waals surface area (Å²) in [7, 11) is 0. The molecular weight excluding hydrogens is 625 g/mol. The molecule has 0 amide bonds. The summed E-state index contributed by atoms with van der Waals surface area (Å²) >= 11 is 0. The standard InChI is InChI=1S/C46H30N4O/c1-29-13-10-24-40-41(29)37-18-8-9-23-39(37)50(40)46-48-44(33-16-6-3-7-17-33)47-45(49-46)38-22-12-21-36-35-20-11-19-34(42(35)51-43(36)38)32-27-25-31(26-28-32)30-14-4-2-5-15-30/h2-28H,1H3/i2D,3D,4D,5D,6D,7D,8D,9D,10D,11D,12D,13D,14D,15D,16D,17D,18D,19D,20D,21D,22D,23D,24D,25D,26D,27D,28D. The third-order valence-electron chi connectivity index (χ3n) is 7.92. The van der Waals surface area contributed by atoms with E-state index in [1.807, 2.05) is 0 Å². The highest BCUT2D eigenvalue weighted by atomic mass is 16.3. The number of fused-ring (bicyclic) bond motifs is 6. The van der Waals surface area contributed by atoms with Gasteiger partial charge in [-0.3, -0.25) is 4.57 Å². The zero-order chi connectivity index (χ0) is 57.4. The van der Waals surface area contributed by atoms with Crippen LogP contribution in [0.5, 0.6) is 0 Å². The van der Waals surface area contributed by atoms with Gasteiger partial charge < -0.3 is 4.42 Å². The molecule has 0 bridgehead atoms. The number of benzene rings is 7. The molecule has 7 aromatic carbocycles. The molecule has 0 unspecified atom stereocenters. The fourth-order valence-electron chi connectivity index (χ4n) is 5.70. The van der Waals surface area contributed by atoms with Crippen LogP contribution in [0.3, 0.4) is 0 Å². The lowest BCUT2D eigenvalue weighted by Crippen LogP contribution is -2.06. The lowest BCUT2D eigenvalue weighted by atomic mass is 9.99. The third-order valence-corrected chi connectivity index (χ3v) is 7.92. The average molecular weight is 682 g/mol. The summed E-state index contributed by atoms with van der Waals surface area (Å²) in [5, 5.41) is -1.53. The molecule has 51 heavy (non-hydrogen) atoms. The Hall–Kier alpha value is -6.85. The largest absolute Gasteiger partial charge is 0.455 e. The van der Waals surface area contributed by atoms with E-state index in [0.29, 0.717) is 0 Å². The summed E-state index contributed by atoms with van der Waals surface area (Å²) in [6.45, 7) is 1.37. The van der Waals surface area contributed by atoms with Gasteiger partial charge in [0.25, 0.3) is 0 Å². The van der Waals surface area contributed by atoms with Gasteiger partial charge in [-0.05, 0) is 47.3 Å². The molecule has 0 aliphatic rings. The van der Waals surface area contributed by atoms with Crippen LogP contribution in [0.2, 0.25) is 0 Å². The maximum absolute atomic E-state index is 9.37. The number of hydrogen-bond donors (Lipinski definition) is 0. The molecule has 240 valence electrons. The fraction of sp³-hybridized carbons (Fsp3) is 0.0217. The number of para-hydroxylation sites is 3. The molecule has 0 fully saturated rings.